The maximum absolute atomic E-state index is 14.0. The van der Waals surface area contributed by atoms with Crippen LogP contribution >= 0.6 is 23.2 Å². The number of hydrogen-bond donors (Lipinski definition) is 1. The predicted octanol–water partition coefficient (Wildman–Crippen LogP) is 5.45. The first kappa shape index (κ1) is 31.3. The summed E-state index contributed by atoms with van der Waals surface area (Å²) in [5.41, 5.74) is 1.61. The lowest BCUT2D eigenvalue weighted by molar-refractivity contribution is -0.140. The highest BCUT2D eigenvalue weighted by Crippen LogP contribution is 2.29. The SMILES string of the molecule is CCOc1ccc(N(CC(=O)N(Cc2c(Cl)cccc2Cl)[C@@H](CC)C(=O)NC)S(=O)(=O)c2ccc(C)cc2)cc1. The van der Waals surface area contributed by atoms with Crippen LogP contribution in [0.3, 0.4) is 0 Å². The van der Waals surface area contributed by atoms with E-state index >= 15 is 0 Å². The fourth-order valence-corrected chi connectivity index (χ4v) is 6.11. The molecular weight excluding hydrogens is 573 g/mol. The van der Waals surface area contributed by atoms with E-state index in [2.05, 4.69) is 5.32 Å². The van der Waals surface area contributed by atoms with Crippen LogP contribution in [0.25, 0.3) is 0 Å². The Hall–Kier alpha value is -3.27. The topological polar surface area (TPSA) is 96.0 Å². The van der Waals surface area contributed by atoms with Gasteiger partial charge in [-0.05, 0) is 68.8 Å². The molecule has 0 saturated heterocycles. The van der Waals surface area contributed by atoms with Crippen molar-refractivity contribution in [3.05, 3.63) is 87.9 Å². The van der Waals surface area contributed by atoms with Gasteiger partial charge in [-0.2, -0.15) is 0 Å². The number of ether oxygens (including phenoxy) is 1. The average Bonchev–Trinajstić information content (AvgIpc) is 2.93. The molecular formula is C29H33Cl2N3O5S. The van der Waals surface area contributed by atoms with E-state index in [1.807, 2.05) is 13.8 Å². The highest BCUT2D eigenvalue weighted by molar-refractivity contribution is 7.92. The lowest BCUT2D eigenvalue weighted by atomic mass is 10.1. The molecule has 0 spiro atoms. The minimum atomic E-state index is -4.18. The van der Waals surface area contributed by atoms with Gasteiger partial charge in [-0.3, -0.25) is 13.9 Å². The fourth-order valence-electron chi connectivity index (χ4n) is 4.18. The third-order valence-corrected chi connectivity index (χ3v) is 8.84. The predicted molar refractivity (Wildman–Crippen MR) is 158 cm³/mol. The van der Waals surface area contributed by atoms with E-state index in [0.717, 1.165) is 9.87 Å². The Bertz CT molecular complexity index is 1410. The van der Waals surface area contributed by atoms with Gasteiger partial charge in [0.25, 0.3) is 10.0 Å². The number of nitrogens with one attached hydrogen (secondary N) is 1. The third kappa shape index (κ3) is 7.27. The molecule has 0 aliphatic carbocycles. The Morgan fingerprint density at radius 1 is 0.950 bits per heavy atom. The smallest absolute Gasteiger partial charge is 0.264 e. The number of sulfonamides is 1. The zero-order valence-electron chi connectivity index (χ0n) is 22.9. The van der Waals surface area contributed by atoms with Crippen molar-refractivity contribution >= 4 is 50.7 Å². The highest BCUT2D eigenvalue weighted by atomic mass is 35.5. The van der Waals surface area contributed by atoms with Crippen LogP contribution in [0.1, 0.15) is 31.4 Å². The third-order valence-electron chi connectivity index (χ3n) is 6.35. The number of aryl methyl sites for hydroxylation is 1. The summed E-state index contributed by atoms with van der Waals surface area (Å²) in [5, 5.41) is 3.24. The largest absolute Gasteiger partial charge is 0.494 e. The lowest BCUT2D eigenvalue weighted by Crippen LogP contribution is -2.51. The highest BCUT2D eigenvalue weighted by Gasteiger charge is 2.34. The Balaban J connectivity index is 2.09. The average molecular weight is 607 g/mol. The van der Waals surface area contributed by atoms with E-state index in [1.54, 1.807) is 61.5 Å². The second-order valence-corrected chi connectivity index (χ2v) is 11.7. The molecule has 1 atom stereocenters. The second kappa shape index (κ2) is 13.9. The van der Waals surface area contributed by atoms with Crippen LogP contribution in [0.15, 0.2) is 71.6 Å². The standard InChI is InChI=1S/C29H33Cl2N3O5S/c1-5-27(29(36)32-4)33(18-24-25(30)8-7-9-26(24)31)28(35)19-34(21-12-14-22(15-13-21)39-6-2)40(37,38)23-16-10-20(3)11-17-23/h7-17,27H,5-6,18-19H2,1-4H3,(H,32,36)/t27-/m0/s1. The molecule has 3 aromatic carbocycles. The fraction of sp³-hybridized carbons (Fsp3) is 0.310. The molecule has 0 fully saturated rings. The first-order valence-corrected chi connectivity index (χ1v) is 15.0. The first-order chi connectivity index (χ1) is 19.0. The maximum Gasteiger partial charge on any atom is 0.264 e. The van der Waals surface area contributed by atoms with Gasteiger partial charge >= 0.3 is 0 Å². The van der Waals surface area contributed by atoms with Crippen molar-refractivity contribution < 1.29 is 22.7 Å². The zero-order chi connectivity index (χ0) is 29.4. The van der Waals surface area contributed by atoms with Crippen molar-refractivity contribution in [2.75, 3.05) is 24.5 Å². The van der Waals surface area contributed by atoms with E-state index in [4.69, 9.17) is 27.9 Å². The summed E-state index contributed by atoms with van der Waals surface area (Å²) in [7, 11) is -2.70. The Morgan fingerprint density at radius 3 is 2.08 bits per heavy atom. The van der Waals surface area contributed by atoms with Gasteiger partial charge in [-0.15, -0.1) is 0 Å². The van der Waals surface area contributed by atoms with Crippen molar-refractivity contribution in [2.24, 2.45) is 0 Å². The van der Waals surface area contributed by atoms with Gasteiger partial charge in [0, 0.05) is 29.2 Å². The summed E-state index contributed by atoms with van der Waals surface area (Å²) in [6.45, 7) is 5.25. The molecule has 11 heteroatoms. The quantitative estimate of drug-likeness (QED) is 0.296. The molecule has 0 radical (unpaired) electrons. The van der Waals surface area contributed by atoms with Crippen LogP contribution in [0.4, 0.5) is 5.69 Å². The Labute approximate surface area is 245 Å². The van der Waals surface area contributed by atoms with Gasteiger partial charge in [0.1, 0.15) is 18.3 Å². The number of hydrogen-bond acceptors (Lipinski definition) is 5. The number of nitrogens with zero attached hydrogens (tertiary/aromatic N) is 2. The van der Waals surface area contributed by atoms with Gasteiger partial charge in [-0.25, -0.2) is 8.42 Å². The molecule has 0 saturated carbocycles. The number of anilines is 1. The lowest BCUT2D eigenvalue weighted by Gasteiger charge is -2.33. The molecule has 1 N–H and O–H groups in total. The number of carbonyl (C=O) groups excluding carboxylic acids is 2. The monoisotopic (exact) mass is 605 g/mol. The minimum Gasteiger partial charge on any atom is -0.494 e. The van der Waals surface area contributed by atoms with Gasteiger partial charge in [-0.1, -0.05) is 53.9 Å². The Morgan fingerprint density at radius 2 is 1.55 bits per heavy atom. The van der Waals surface area contributed by atoms with Crippen LogP contribution in [-0.2, 0) is 26.2 Å². The summed E-state index contributed by atoms with van der Waals surface area (Å²) in [4.78, 5) is 28.2. The number of halogens is 2. The molecule has 8 nitrogen and oxygen atoms in total. The van der Waals surface area contributed by atoms with E-state index in [-0.39, 0.29) is 23.5 Å². The molecule has 0 aliphatic heterocycles. The molecule has 0 heterocycles. The van der Waals surface area contributed by atoms with Gasteiger partial charge in [0.2, 0.25) is 11.8 Å². The van der Waals surface area contributed by atoms with Crippen LogP contribution in [0.5, 0.6) is 5.75 Å². The van der Waals surface area contributed by atoms with Crippen molar-refractivity contribution in [3.8, 4) is 5.75 Å². The second-order valence-electron chi connectivity index (χ2n) is 9.01. The number of carbonyl (C=O) groups is 2. The molecule has 40 heavy (non-hydrogen) atoms. The number of benzene rings is 3. The maximum atomic E-state index is 14.0. The normalized spacial score (nSPS) is 11.9. The molecule has 0 aliphatic rings. The molecule has 0 bridgehead atoms. The summed E-state index contributed by atoms with van der Waals surface area (Å²) in [6, 6.07) is 16.9. The van der Waals surface area contributed by atoms with Crippen LogP contribution in [0, 0.1) is 6.92 Å². The van der Waals surface area contributed by atoms with Crippen molar-refractivity contribution in [3.63, 3.8) is 0 Å². The summed E-state index contributed by atoms with van der Waals surface area (Å²) >= 11 is 12.8. The summed E-state index contributed by atoms with van der Waals surface area (Å²) < 4.78 is 34.4. The van der Waals surface area contributed by atoms with E-state index in [9.17, 15) is 18.0 Å². The molecule has 0 unspecified atom stereocenters. The van der Waals surface area contributed by atoms with Crippen LogP contribution in [0.2, 0.25) is 10.0 Å². The van der Waals surface area contributed by atoms with Gasteiger partial charge in [0.05, 0.1) is 17.2 Å². The first-order valence-electron chi connectivity index (χ1n) is 12.8. The number of likely N-dealkylation sites (N-methyl/N-ethyl adjacent to an activating group) is 1. The molecule has 214 valence electrons. The van der Waals surface area contributed by atoms with Crippen molar-refractivity contribution in [2.45, 2.75) is 44.7 Å². The van der Waals surface area contributed by atoms with Crippen LogP contribution < -0.4 is 14.4 Å². The van der Waals surface area contributed by atoms with Gasteiger partial charge < -0.3 is 15.0 Å². The van der Waals surface area contributed by atoms with E-state index in [0.29, 0.717) is 28.0 Å². The minimum absolute atomic E-state index is 0.0267. The summed E-state index contributed by atoms with van der Waals surface area (Å²) in [5.74, 6) is -0.435. The molecule has 0 aromatic heterocycles. The zero-order valence-corrected chi connectivity index (χ0v) is 25.2. The van der Waals surface area contributed by atoms with E-state index < -0.39 is 34.4 Å². The molecule has 3 rings (SSSR count). The number of rotatable bonds is 12. The molecule has 2 amide bonds. The van der Waals surface area contributed by atoms with E-state index in [1.165, 1.54) is 24.1 Å². The van der Waals surface area contributed by atoms with Gasteiger partial charge in [0.15, 0.2) is 0 Å². The van der Waals surface area contributed by atoms with Crippen LogP contribution in [-0.4, -0.2) is 51.4 Å². The molecule has 3 aromatic rings. The van der Waals surface area contributed by atoms with Crippen molar-refractivity contribution in [1.82, 2.24) is 10.2 Å². The number of amides is 2. The Kier molecular flexibility index (Phi) is 10.8. The summed E-state index contributed by atoms with van der Waals surface area (Å²) in [6.07, 6.45) is 0.279. The van der Waals surface area contributed by atoms with Crippen molar-refractivity contribution in [1.29, 1.82) is 0 Å².